The summed E-state index contributed by atoms with van der Waals surface area (Å²) in [5.74, 6) is 0.492. The molecule has 5 heteroatoms. The second kappa shape index (κ2) is 8.21. The van der Waals surface area contributed by atoms with Crippen LogP contribution in [0.1, 0.15) is 25.3 Å². The van der Waals surface area contributed by atoms with Gasteiger partial charge >= 0.3 is 0 Å². The summed E-state index contributed by atoms with van der Waals surface area (Å²) >= 11 is 0. The van der Waals surface area contributed by atoms with Gasteiger partial charge in [0.1, 0.15) is 5.82 Å². The minimum Gasteiger partial charge on any atom is -0.504 e. The van der Waals surface area contributed by atoms with E-state index < -0.39 is 0 Å². The summed E-state index contributed by atoms with van der Waals surface area (Å²) in [6.45, 7) is 5.18. The minimum atomic E-state index is -0.217. The van der Waals surface area contributed by atoms with Crippen LogP contribution in [0.4, 0.5) is 10.1 Å². The molecule has 3 rings (SSSR count). The number of hydrogen-bond acceptors (Lipinski definition) is 4. The van der Waals surface area contributed by atoms with Gasteiger partial charge in [-0.1, -0.05) is 12.1 Å². The Morgan fingerprint density at radius 3 is 2.96 bits per heavy atom. The maximum atomic E-state index is 13.3. The van der Waals surface area contributed by atoms with E-state index in [4.69, 9.17) is 4.74 Å². The van der Waals surface area contributed by atoms with Crippen LogP contribution in [-0.2, 0) is 6.54 Å². The Hall–Kier alpha value is -2.27. The van der Waals surface area contributed by atoms with Gasteiger partial charge in [0.15, 0.2) is 11.5 Å². The number of phenolic OH excluding ortho intramolecular Hbond substituents is 1. The van der Waals surface area contributed by atoms with E-state index in [1.54, 1.807) is 12.1 Å². The van der Waals surface area contributed by atoms with Crippen LogP contribution in [0.25, 0.3) is 0 Å². The summed E-state index contributed by atoms with van der Waals surface area (Å²) in [7, 11) is 0. The highest BCUT2D eigenvalue weighted by Gasteiger charge is 2.20. The number of anilines is 1. The molecule has 134 valence electrons. The van der Waals surface area contributed by atoms with Crippen molar-refractivity contribution >= 4 is 5.69 Å². The highest BCUT2D eigenvalue weighted by atomic mass is 19.1. The molecule has 2 N–H and O–H groups in total. The van der Waals surface area contributed by atoms with Crippen LogP contribution in [0, 0.1) is 5.82 Å². The fourth-order valence-electron chi connectivity index (χ4n) is 3.32. The van der Waals surface area contributed by atoms with Crippen molar-refractivity contribution < 1.29 is 14.2 Å². The van der Waals surface area contributed by atoms with Gasteiger partial charge in [-0.2, -0.15) is 0 Å². The third kappa shape index (κ3) is 4.86. The summed E-state index contributed by atoms with van der Waals surface area (Å²) in [5.41, 5.74) is 1.95. The Morgan fingerprint density at radius 1 is 1.28 bits per heavy atom. The van der Waals surface area contributed by atoms with Crippen molar-refractivity contribution in [2.24, 2.45) is 0 Å². The molecule has 0 unspecified atom stereocenters. The Morgan fingerprint density at radius 2 is 2.16 bits per heavy atom. The highest BCUT2D eigenvalue weighted by Crippen LogP contribution is 2.28. The zero-order chi connectivity index (χ0) is 17.6. The number of nitrogens with one attached hydrogen (secondary N) is 1. The molecule has 0 radical (unpaired) electrons. The molecule has 0 amide bonds. The first-order valence-electron chi connectivity index (χ1n) is 8.83. The Kier molecular flexibility index (Phi) is 5.76. The number of ether oxygens (including phenoxy) is 1. The normalized spacial score (nSPS) is 18.1. The average molecular weight is 344 g/mol. The summed E-state index contributed by atoms with van der Waals surface area (Å²) in [6.07, 6.45) is 2.18. The Labute approximate surface area is 148 Å². The molecule has 2 aromatic carbocycles. The van der Waals surface area contributed by atoms with Gasteiger partial charge in [-0.05, 0) is 62.2 Å². The molecule has 2 aromatic rings. The summed E-state index contributed by atoms with van der Waals surface area (Å²) in [5, 5.41) is 13.3. The fraction of sp³-hybridized carbons (Fsp3) is 0.400. The summed E-state index contributed by atoms with van der Waals surface area (Å²) < 4.78 is 18.8. The first-order valence-corrected chi connectivity index (χ1v) is 8.83. The summed E-state index contributed by atoms with van der Waals surface area (Å²) in [4.78, 5) is 2.38. The molecular formula is C20H25FN2O2. The maximum absolute atomic E-state index is 13.3. The maximum Gasteiger partial charge on any atom is 0.161 e. The second-order valence-electron chi connectivity index (χ2n) is 6.46. The number of nitrogens with zero attached hydrogens (tertiary/aromatic N) is 1. The first-order chi connectivity index (χ1) is 12.1. The molecule has 4 nitrogen and oxygen atoms in total. The van der Waals surface area contributed by atoms with E-state index in [1.807, 2.05) is 25.1 Å². The van der Waals surface area contributed by atoms with Gasteiger partial charge in [0.05, 0.1) is 6.61 Å². The zero-order valence-electron chi connectivity index (χ0n) is 14.5. The molecule has 1 fully saturated rings. The lowest BCUT2D eigenvalue weighted by Gasteiger charge is -2.33. The van der Waals surface area contributed by atoms with Crippen molar-refractivity contribution in [1.29, 1.82) is 0 Å². The third-order valence-corrected chi connectivity index (χ3v) is 4.43. The molecule has 1 heterocycles. The molecule has 0 saturated carbocycles. The Balaban J connectivity index is 1.61. The van der Waals surface area contributed by atoms with Crippen molar-refractivity contribution in [3.8, 4) is 11.5 Å². The predicted octanol–water partition coefficient (Wildman–Crippen LogP) is 4.01. The molecular weight excluding hydrogens is 319 g/mol. The van der Waals surface area contributed by atoms with Gasteiger partial charge in [0.25, 0.3) is 0 Å². The quantitative estimate of drug-likeness (QED) is 0.831. The monoisotopic (exact) mass is 344 g/mol. The van der Waals surface area contributed by atoms with Crippen LogP contribution in [0.15, 0.2) is 42.5 Å². The fourth-order valence-corrected chi connectivity index (χ4v) is 3.32. The van der Waals surface area contributed by atoms with E-state index >= 15 is 0 Å². The van der Waals surface area contributed by atoms with Crippen LogP contribution in [0.5, 0.6) is 11.5 Å². The number of aromatic hydroxyl groups is 1. The van der Waals surface area contributed by atoms with Crippen molar-refractivity contribution in [2.45, 2.75) is 32.4 Å². The predicted molar refractivity (Wildman–Crippen MR) is 97.6 cm³/mol. The van der Waals surface area contributed by atoms with Gasteiger partial charge < -0.3 is 15.2 Å². The zero-order valence-corrected chi connectivity index (χ0v) is 14.5. The van der Waals surface area contributed by atoms with Crippen molar-refractivity contribution in [3.05, 3.63) is 53.8 Å². The largest absolute Gasteiger partial charge is 0.504 e. The molecule has 0 spiro atoms. The van der Waals surface area contributed by atoms with E-state index in [-0.39, 0.29) is 11.6 Å². The van der Waals surface area contributed by atoms with Crippen LogP contribution in [0.2, 0.25) is 0 Å². The van der Waals surface area contributed by atoms with E-state index in [1.165, 1.54) is 12.1 Å². The first kappa shape index (κ1) is 17.5. The van der Waals surface area contributed by atoms with Gasteiger partial charge in [-0.15, -0.1) is 0 Å². The number of piperidine rings is 1. The van der Waals surface area contributed by atoms with Gasteiger partial charge in [-0.3, -0.25) is 4.90 Å². The van der Waals surface area contributed by atoms with E-state index in [9.17, 15) is 9.50 Å². The third-order valence-electron chi connectivity index (χ3n) is 4.43. The minimum absolute atomic E-state index is 0.176. The lowest BCUT2D eigenvalue weighted by Crippen LogP contribution is -2.41. The SMILES string of the molecule is CCOc1cc(CN2CCC[C@@H](Nc3cccc(F)c3)C2)ccc1O. The van der Waals surface area contributed by atoms with Gasteiger partial charge in [0, 0.05) is 24.8 Å². The standard InChI is InChI=1S/C20H25FN2O2/c1-2-25-20-11-15(8-9-19(20)24)13-23-10-4-7-18(14-23)22-17-6-3-5-16(21)12-17/h3,5-6,8-9,11-12,18,22,24H,2,4,7,10,13-14H2,1H3/t18-/m1/s1. The number of benzene rings is 2. The van der Waals surface area contributed by atoms with Gasteiger partial charge in [-0.25, -0.2) is 4.39 Å². The van der Waals surface area contributed by atoms with Crippen LogP contribution in [-0.4, -0.2) is 35.7 Å². The lowest BCUT2D eigenvalue weighted by atomic mass is 10.0. The molecule has 1 saturated heterocycles. The van der Waals surface area contributed by atoms with E-state index in [0.29, 0.717) is 18.4 Å². The number of rotatable bonds is 6. The lowest BCUT2D eigenvalue weighted by molar-refractivity contribution is 0.208. The van der Waals surface area contributed by atoms with Crippen molar-refractivity contribution in [2.75, 3.05) is 25.0 Å². The number of phenols is 1. The highest BCUT2D eigenvalue weighted by molar-refractivity contribution is 5.44. The molecule has 0 bridgehead atoms. The molecule has 1 aliphatic heterocycles. The molecule has 1 atom stereocenters. The number of hydrogen-bond donors (Lipinski definition) is 2. The molecule has 1 aliphatic rings. The Bertz CT molecular complexity index is 708. The number of halogens is 1. The van der Waals surface area contributed by atoms with Crippen LogP contribution in [0.3, 0.4) is 0 Å². The molecule has 0 aliphatic carbocycles. The molecule has 25 heavy (non-hydrogen) atoms. The van der Waals surface area contributed by atoms with Crippen LogP contribution >= 0.6 is 0 Å². The average Bonchev–Trinajstić information content (AvgIpc) is 2.58. The smallest absolute Gasteiger partial charge is 0.161 e. The number of likely N-dealkylation sites (tertiary alicyclic amines) is 1. The van der Waals surface area contributed by atoms with Crippen molar-refractivity contribution in [1.82, 2.24) is 4.90 Å². The van der Waals surface area contributed by atoms with Crippen LogP contribution < -0.4 is 10.1 Å². The molecule has 0 aromatic heterocycles. The summed E-state index contributed by atoms with van der Waals surface area (Å²) in [6, 6.07) is 12.4. The topological polar surface area (TPSA) is 44.7 Å². The second-order valence-corrected chi connectivity index (χ2v) is 6.46. The van der Waals surface area contributed by atoms with Crippen molar-refractivity contribution in [3.63, 3.8) is 0 Å². The van der Waals surface area contributed by atoms with E-state index in [2.05, 4.69) is 10.2 Å². The van der Waals surface area contributed by atoms with E-state index in [0.717, 1.165) is 43.7 Å². The van der Waals surface area contributed by atoms with Gasteiger partial charge in [0.2, 0.25) is 0 Å².